The maximum Gasteiger partial charge on any atom is 0.417 e. The van der Waals surface area contributed by atoms with Crippen LogP contribution in [0, 0.1) is 63.6 Å². The standard InChI is InChI=1S/3C10H6F3NO.C10H11N3.C9H8BrN3.C9H5Cl2NO.C9H8ClN3.C9H7NO/c11-10(12,13)8-3-1-7(2-4-8)9(15)5-6-14;11-10(12,13)8-3-1-2-7(6-8)9(15)4-5-14;11-10(12,13)8-4-2-1-3-7(8)9(15)5-6-14;1-7-2-4-8(5-3-7)9-6-10(11)13-12-9;10-7-3-1-6(2-4-7)8-5-9(11)13-12-8;10-7-2-1-6(5-8(7)11)9(13)3-4-12;10-7-3-1-6(2-4-7)8-5-9(11)13-12-8;10-7-6-9(11)8-4-2-1-3-5-8/h1-4H,5H2;1-3,6H,4H2;1-4H,5H2;2-6H,1H3,(H3,11,12,13);1-5H,(H3,11,12,13);1-2,5H,3H2;1-5H,(H3,11,12,13);1-5H,6H2. The molecule has 0 aliphatic rings. The molecular formula is C76H57BrCl3F9N14O5. The second-order valence-corrected chi connectivity index (χ2v) is 23.6. The summed E-state index contributed by atoms with van der Waals surface area (Å²) in [5.74, 6) is -0.743. The van der Waals surface area contributed by atoms with Crippen molar-refractivity contribution in [3.8, 4) is 64.1 Å². The molecule has 0 atom stereocenters. The van der Waals surface area contributed by atoms with E-state index in [2.05, 4.69) is 65.6 Å². The quantitative estimate of drug-likeness (QED) is 0.0461. The van der Waals surface area contributed by atoms with Crippen molar-refractivity contribution in [1.82, 2.24) is 30.6 Å². The second kappa shape index (κ2) is 43.6. The summed E-state index contributed by atoms with van der Waals surface area (Å²) in [6.45, 7) is 2.06. The van der Waals surface area contributed by atoms with Crippen molar-refractivity contribution in [2.24, 2.45) is 0 Å². The van der Waals surface area contributed by atoms with Crippen LogP contribution in [0.3, 0.4) is 0 Å². The van der Waals surface area contributed by atoms with Crippen molar-refractivity contribution in [3.05, 3.63) is 282 Å². The highest BCUT2D eigenvalue weighted by atomic mass is 79.9. The molecule has 9 N–H and O–H groups in total. The lowest BCUT2D eigenvalue weighted by atomic mass is 10.0. The number of H-pyrrole nitrogens is 3. The molecule has 0 saturated carbocycles. The smallest absolute Gasteiger partial charge is 0.382 e. The Morgan fingerprint density at radius 1 is 0.389 bits per heavy atom. The number of nitrogen functional groups attached to an aromatic ring is 3. The summed E-state index contributed by atoms with van der Waals surface area (Å²) in [4.78, 5) is 55.6. The number of nitrogens with zero attached hydrogens (tertiary/aromatic N) is 8. The third-order valence-corrected chi connectivity index (χ3v) is 15.1. The van der Waals surface area contributed by atoms with E-state index in [1.807, 2.05) is 84.9 Å². The number of carbonyl (C=O) groups excluding carboxylic acids is 5. The normalized spacial score (nSPS) is 10.2. The first-order valence-electron chi connectivity index (χ1n) is 30.7. The largest absolute Gasteiger partial charge is 0.417 e. The van der Waals surface area contributed by atoms with Crippen LogP contribution in [0.2, 0.25) is 15.1 Å². The fourth-order valence-corrected chi connectivity index (χ4v) is 8.98. The number of benzene rings is 8. The molecule has 0 saturated heterocycles. The highest BCUT2D eigenvalue weighted by Crippen LogP contribution is 2.34. The molecule has 32 heteroatoms. The molecule has 0 bridgehead atoms. The zero-order chi connectivity index (χ0) is 80.2. The third-order valence-electron chi connectivity index (χ3n) is 13.6. The van der Waals surface area contributed by atoms with E-state index in [1.165, 1.54) is 42.0 Å². The van der Waals surface area contributed by atoms with Crippen LogP contribution in [-0.2, 0) is 18.5 Å². The van der Waals surface area contributed by atoms with Gasteiger partial charge in [0.25, 0.3) is 0 Å². The van der Waals surface area contributed by atoms with Crippen LogP contribution in [0.1, 0.15) is 106 Å². The lowest BCUT2D eigenvalue weighted by molar-refractivity contribution is -0.138. The Morgan fingerprint density at radius 3 is 1.15 bits per heavy atom. The van der Waals surface area contributed by atoms with Crippen LogP contribution in [0.25, 0.3) is 33.8 Å². The van der Waals surface area contributed by atoms with Crippen LogP contribution in [-0.4, -0.2) is 59.5 Å². The number of ketones is 5. The molecular weight excluding hydrogens is 1550 g/mol. The molecule has 0 aliphatic heterocycles. The molecule has 0 fully saturated rings. The van der Waals surface area contributed by atoms with Gasteiger partial charge < -0.3 is 17.2 Å². The highest BCUT2D eigenvalue weighted by Gasteiger charge is 2.35. The molecule has 11 rings (SSSR count). The molecule has 0 radical (unpaired) electrons. The van der Waals surface area contributed by atoms with Crippen LogP contribution in [0.4, 0.5) is 57.0 Å². The number of hydrogen-bond acceptors (Lipinski definition) is 16. The van der Waals surface area contributed by atoms with Crippen molar-refractivity contribution in [3.63, 3.8) is 0 Å². The van der Waals surface area contributed by atoms with Gasteiger partial charge in [0, 0.05) is 55.5 Å². The van der Waals surface area contributed by atoms with Crippen LogP contribution in [0.15, 0.2) is 217 Å². The predicted octanol–water partition coefficient (Wildman–Crippen LogP) is 20.0. The lowest BCUT2D eigenvalue weighted by Gasteiger charge is -2.10. The first kappa shape index (κ1) is 87.7. The molecule has 0 spiro atoms. The number of nitrogens with two attached hydrogens (primary N) is 3. The number of rotatable bonds is 13. The van der Waals surface area contributed by atoms with E-state index < -0.39 is 71.0 Å². The Bertz CT molecular complexity index is 4830. The van der Waals surface area contributed by atoms with Gasteiger partial charge in [0.15, 0.2) is 28.9 Å². The minimum absolute atomic E-state index is 0.0377. The van der Waals surface area contributed by atoms with Gasteiger partial charge in [-0.2, -0.15) is 81.1 Å². The number of nitrogens with one attached hydrogen (secondary N) is 3. The van der Waals surface area contributed by atoms with Crippen molar-refractivity contribution in [2.45, 2.75) is 57.6 Å². The van der Waals surface area contributed by atoms with Crippen molar-refractivity contribution < 1.29 is 63.5 Å². The number of aryl methyl sites for hydroxylation is 1. The topological polar surface area (TPSA) is 368 Å². The van der Waals surface area contributed by atoms with E-state index >= 15 is 0 Å². The van der Waals surface area contributed by atoms with Crippen LogP contribution < -0.4 is 17.2 Å². The van der Waals surface area contributed by atoms with Crippen molar-refractivity contribution in [1.29, 1.82) is 26.3 Å². The number of nitriles is 5. The number of alkyl halides is 9. The van der Waals surface area contributed by atoms with Gasteiger partial charge in [-0.15, -0.1) is 0 Å². The van der Waals surface area contributed by atoms with Gasteiger partial charge in [0.1, 0.15) is 17.5 Å². The SMILES string of the molecule is Cc1ccc(-c2cc(N)n[nH]2)cc1.N#CCC(=O)c1ccc(C(F)(F)F)cc1.N#CCC(=O)c1ccc(Cl)c(Cl)c1.N#CCC(=O)c1cccc(C(F)(F)F)c1.N#CCC(=O)c1ccccc1.N#CCC(=O)c1ccccc1C(F)(F)F.Nc1cc(-c2ccc(Br)cc2)[nH]n1.Nc1cc(-c2ccc(Cl)cc2)[nH]n1. The summed E-state index contributed by atoms with van der Waals surface area (Å²) in [6, 6.07) is 63.0. The predicted molar refractivity (Wildman–Crippen MR) is 393 cm³/mol. The highest BCUT2D eigenvalue weighted by molar-refractivity contribution is 9.10. The number of anilines is 3. The average molecular weight is 1600 g/mol. The summed E-state index contributed by atoms with van der Waals surface area (Å²) in [5, 5.41) is 62.8. The number of aromatic amines is 3. The summed E-state index contributed by atoms with van der Waals surface area (Å²) in [5.41, 5.74) is 21.6. The number of hydrogen-bond donors (Lipinski definition) is 6. The van der Waals surface area contributed by atoms with Gasteiger partial charge in [0.2, 0.25) is 0 Å². The fraction of sp³-hybridized carbons (Fsp3) is 0.118. The summed E-state index contributed by atoms with van der Waals surface area (Å²) < 4.78 is 111. The third kappa shape index (κ3) is 30.6. The van der Waals surface area contributed by atoms with Gasteiger partial charge in [-0.25, -0.2) is 0 Å². The molecule has 3 aromatic heterocycles. The van der Waals surface area contributed by atoms with E-state index in [1.54, 1.807) is 54.6 Å². The minimum Gasteiger partial charge on any atom is -0.382 e. The lowest BCUT2D eigenvalue weighted by Crippen LogP contribution is -2.12. The van der Waals surface area contributed by atoms with Gasteiger partial charge in [-0.3, -0.25) is 39.3 Å². The zero-order valence-electron chi connectivity index (χ0n) is 56.0. The van der Waals surface area contributed by atoms with E-state index in [4.69, 9.17) is 78.3 Å². The Labute approximate surface area is 634 Å². The number of halogens is 13. The van der Waals surface area contributed by atoms with Crippen molar-refractivity contribution >= 4 is 97.1 Å². The number of carbonyl (C=O) groups is 5. The number of Topliss-reactive ketones (excluding diaryl/α,β-unsaturated/α-hetero) is 5. The maximum atomic E-state index is 12.4. The van der Waals surface area contributed by atoms with Gasteiger partial charge in [-0.05, 0) is 96.4 Å². The Kier molecular flexibility index (Phi) is 35.4. The van der Waals surface area contributed by atoms with Gasteiger partial charge in [-0.1, -0.05) is 178 Å². The summed E-state index contributed by atoms with van der Waals surface area (Å²) in [7, 11) is 0. The molecule has 0 unspecified atom stereocenters. The molecule has 11 aromatic rings. The Balaban J connectivity index is 0.000000261. The maximum absolute atomic E-state index is 12.4. The molecule has 0 amide bonds. The summed E-state index contributed by atoms with van der Waals surface area (Å²) in [6.07, 6.45) is -14.9. The molecule has 108 heavy (non-hydrogen) atoms. The second-order valence-electron chi connectivity index (χ2n) is 21.5. The van der Waals surface area contributed by atoms with E-state index in [0.29, 0.717) is 38.6 Å². The zero-order valence-corrected chi connectivity index (χ0v) is 59.9. The number of aromatic nitrogens is 6. The first-order valence-corrected chi connectivity index (χ1v) is 32.6. The fourth-order valence-electron chi connectivity index (χ4n) is 8.29. The monoisotopic (exact) mass is 1600 g/mol. The van der Waals surface area contributed by atoms with E-state index in [0.717, 1.165) is 97.9 Å². The summed E-state index contributed by atoms with van der Waals surface area (Å²) >= 11 is 20.5. The molecule has 19 nitrogen and oxygen atoms in total. The van der Waals surface area contributed by atoms with Gasteiger partial charge >= 0.3 is 18.5 Å². The Morgan fingerprint density at radius 2 is 0.750 bits per heavy atom. The Hall–Kier alpha value is -12.7. The van der Waals surface area contributed by atoms with E-state index in [-0.39, 0.29) is 42.0 Å². The van der Waals surface area contributed by atoms with Crippen molar-refractivity contribution in [2.75, 3.05) is 17.2 Å². The minimum atomic E-state index is -4.57. The van der Waals surface area contributed by atoms with Gasteiger partial charge in [0.05, 0.1) is 106 Å². The molecule has 0 aliphatic carbocycles. The molecule has 8 aromatic carbocycles. The van der Waals surface area contributed by atoms with E-state index in [9.17, 15) is 63.5 Å². The van der Waals surface area contributed by atoms with Crippen LogP contribution >= 0.6 is 50.7 Å². The van der Waals surface area contributed by atoms with Crippen LogP contribution in [0.5, 0.6) is 0 Å². The molecule has 3 heterocycles. The average Bonchev–Trinajstić information content (AvgIpc) is 1.13. The first-order chi connectivity index (χ1) is 51.1. The molecule has 552 valence electrons.